The predicted molar refractivity (Wildman–Crippen MR) is 99.9 cm³/mol. The number of nitrogens with zero attached hydrogens (tertiary/aromatic N) is 2. The summed E-state index contributed by atoms with van der Waals surface area (Å²) in [5.41, 5.74) is 2.01. The van der Waals surface area contributed by atoms with E-state index in [1.807, 2.05) is 18.2 Å². The molecule has 0 amide bonds. The largest absolute Gasteiger partial charge is 0.469 e. The Kier molecular flexibility index (Phi) is 3.24. The lowest BCUT2D eigenvalue weighted by atomic mass is 9.85. The van der Waals surface area contributed by atoms with Crippen LogP contribution >= 0.6 is 0 Å². The molecule has 1 saturated heterocycles. The van der Waals surface area contributed by atoms with Crippen molar-refractivity contribution in [2.75, 3.05) is 6.79 Å². The highest BCUT2D eigenvalue weighted by atomic mass is 16.7. The fourth-order valence-electron chi connectivity index (χ4n) is 4.67. The quantitative estimate of drug-likeness (QED) is 0.717. The number of rotatable bonds is 1. The molecule has 0 aromatic carbocycles. The molecule has 29 heavy (non-hydrogen) atoms. The number of dihydropyridines is 1. The van der Waals surface area contributed by atoms with E-state index in [1.54, 1.807) is 17.6 Å². The maximum absolute atomic E-state index is 13.2. The number of ether oxygens (including phenoxy) is 3. The average Bonchev–Trinajstić information content (AvgIpc) is 3.32. The normalized spacial score (nSPS) is 31.0. The molecule has 5 aliphatic rings. The molecule has 0 spiro atoms. The van der Waals surface area contributed by atoms with E-state index in [2.05, 4.69) is 0 Å². The van der Waals surface area contributed by atoms with Crippen molar-refractivity contribution >= 4 is 11.7 Å². The van der Waals surface area contributed by atoms with E-state index < -0.39 is 11.6 Å². The van der Waals surface area contributed by atoms with Crippen molar-refractivity contribution < 1.29 is 24.1 Å². The second-order valence-electron chi connectivity index (χ2n) is 7.80. The van der Waals surface area contributed by atoms with Crippen LogP contribution in [0.4, 0.5) is 0 Å². The number of pyridine rings is 1. The predicted octanol–water partition coefficient (Wildman–Crippen LogP) is 1.14. The van der Waals surface area contributed by atoms with E-state index in [9.17, 15) is 14.7 Å². The van der Waals surface area contributed by atoms with Gasteiger partial charge in [-0.2, -0.15) is 0 Å². The van der Waals surface area contributed by atoms with Crippen molar-refractivity contribution in [1.82, 2.24) is 4.57 Å². The Labute approximate surface area is 165 Å². The minimum atomic E-state index is -1.81. The molecule has 8 nitrogen and oxygen atoms in total. The monoisotopic (exact) mass is 394 g/mol. The number of aromatic nitrogens is 1. The Morgan fingerprint density at radius 2 is 2.17 bits per heavy atom. The third-order valence-corrected chi connectivity index (χ3v) is 6.32. The summed E-state index contributed by atoms with van der Waals surface area (Å²) in [6, 6.07) is 1.41. The van der Waals surface area contributed by atoms with Gasteiger partial charge in [0.05, 0.1) is 17.0 Å². The maximum Gasteiger partial charge on any atom is 0.343 e. The lowest BCUT2D eigenvalue weighted by Gasteiger charge is -2.32. The van der Waals surface area contributed by atoms with Crippen LogP contribution in [0.2, 0.25) is 0 Å². The van der Waals surface area contributed by atoms with Gasteiger partial charge in [-0.3, -0.25) is 9.79 Å². The number of fused-ring (bicyclic) bond motifs is 6. The molecule has 8 heteroatoms. The van der Waals surface area contributed by atoms with Crippen LogP contribution in [0.1, 0.15) is 36.2 Å². The Morgan fingerprint density at radius 1 is 1.31 bits per heavy atom. The third kappa shape index (κ3) is 2.13. The van der Waals surface area contributed by atoms with Crippen LogP contribution in [0.5, 0.6) is 0 Å². The molecule has 4 aliphatic heterocycles. The summed E-state index contributed by atoms with van der Waals surface area (Å²) in [6.45, 7) is 2.21. The first-order valence-corrected chi connectivity index (χ1v) is 9.62. The van der Waals surface area contributed by atoms with Crippen molar-refractivity contribution in [3.05, 3.63) is 68.4 Å². The zero-order chi connectivity index (χ0) is 19.9. The van der Waals surface area contributed by atoms with E-state index in [0.717, 1.165) is 22.6 Å². The molecule has 1 aliphatic carbocycles. The second-order valence-corrected chi connectivity index (χ2v) is 7.80. The van der Waals surface area contributed by atoms with Gasteiger partial charge in [-0.25, -0.2) is 4.79 Å². The average molecular weight is 394 g/mol. The van der Waals surface area contributed by atoms with Gasteiger partial charge in [0, 0.05) is 18.2 Å². The molecule has 6 rings (SSSR count). The molecule has 1 fully saturated rings. The summed E-state index contributed by atoms with van der Waals surface area (Å²) >= 11 is 0. The standard InChI is InChI=1S/C21H18N2O6/c1-2-21(26)13-5-15-18-11(7-23(15)19(24)12(13)8-27-20(21)25)3-10-4-16-17(29-9-28-16)6-14(10)22-18/h3-6,16,18,26H,2,7-9H2,1H3. The SMILES string of the molecule is CCC1(O)C(=O)OCc2c1cc1n(c2=O)CC2=CC3=CC4OCOC4=CC3=NC21. The summed E-state index contributed by atoms with van der Waals surface area (Å²) in [5, 5.41) is 10.9. The molecule has 1 aromatic heterocycles. The Balaban J connectivity index is 1.52. The van der Waals surface area contributed by atoms with Crippen molar-refractivity contribution in [3.8, 4) is 0 Å². The fourth-order valence-corrected chi connectivity index (χ4v) is 4.67. The van der Waals surface area contributed by atoms with Gasteiger partial charge in [-0.15, -0.1) is 0 Å². The highest BCUT2D eigenvalue weighted by Crippen LogP contribution is 2.42. The van der Waals surface area contributed by atoms with E-state index in [4.69, 9.17) is 19.2 Å². The van der Waals surface area contributed by atoms with Crippen LogP contribution in [0.15, 0.2) is 51.0 Å². The van der Waals surface area contributed by atoms with Crippen LogP contribution in [-0.4, -0.2) is 34.3 Å². The number of aliphatic hydroxyl groups is 1. The molecule has 148 valence electrons. The number of hydrogen-bond donors (Lipinski definition) is 1. The molecule has 0 bridgehead atoms. The van der Waals surface area contributed by atoms with Gasteiger partial charge in [0.15, 0.2) is 12.4 Å². The highest BCUT2D eigenvalue weighted by Gasteiger charge is 2.46. The molecule has 1 N–H and O–H groups in total. The molecular weight excluding hydrogens is 376 g/mol. The first-order valence-electron chi connectivity index (χ1n) is 9.62. The van der Waals surface area contributed by atoms with Crippen LogP contribution in [0, 0.1) is 0 Å². The molecule has 3 unspecified atom stereocenters. The van der Waals surface area contributed by atoms with E-state index in [-0.39, 0.29) is 37.5 Å². The van der Waals surface area contributed by atoms with Crippen LogP contribution in [0.3, 0.4) is 0 Å². The lowest BCUT2D eigenvalue weighted by Crippen LogP contribution is -2.44. The van der Waals surface area contributed by atoms with Crippen molar-refractivity contribution in [3.63, 3.8) is 0 Å². The lowest BCUT2D eigenvalue weighted by molar-refractivity contribution is -0.172. The van der Waals surface area contributed by atoms with Gasteiger partial charge < -0.3 is 23.9 Å². The van der Waals surface area contributed by atoms with Crippen LogP contribution < -0.4 is 5.56 Å². The first kappa shape index (κ1) is 16.9. The van der Waals surface area contributed by atoms with E-state index >= 15 is 0 Å². The number of allylic oxidation sites excluding steroid dienone is 3. The van der Waals surface area contributed by atoms with Crippen molar-refractivity contribution in [2.45, 2.75) is 44.2 Å². The number of esters is 1. The van der Waals surface area contributed by atoms with Gasteiger partial charge >= 0.3 is 5.97 Å². The van der Waals surface area contributed by atoms with Gasteiger partial charge in [0.1, 0.15) is 24.5 Å². The zero-order valence-electron chi connectivity index (χ0n) is 15.7. The topological polar surface area (TPSA) is 99.4 Å². The third-order valence-electron chi connectivity index (χ3n) is 6.32. The van der Waals surface area contributed by atoms with Gasteiger partial charge in [0.25, 0.3) is 5.56 Å². The zero-order valence-corrected chi connectivity index (χ0v) is 15.7. The fraction of sp³-hybridized carbons (Fsp3) is 0.381. The number of aliphatic imine (C=N–C) groups is 1. The molecule has 0 saturated carbocycles. The van der Waals surface area contributed by atoms with Crippen molar-refractivity contribution in [2.24, 2.45) is 4.99 Å². The van der Waals surface area contributed by atoms with E-state index in [1.165, 1.54) is 0 Å². The smallest absolute Gasteiger partial charge is 0.343 e. The summed E-state index contributed by atoms with van der Waals surface area (Å²) in [5.74, 6) is 0.0144. The minimum absolute atomic E-state index is 0.124. The molecule has 0 radical (unpaired) electrons. The summed E-state index contributed by atoms with van der Waals surface area (Å²) < 4.78 is 17.8. The number of hydrogen-bond acceptors (Lipinski definition) is 7. The molecule has 5 heterocycles. The Bertz CT molecular complexity index is 1170. The maximum atomic E-state index is 13.2. The van der Waals surface area contributed by atoms with Gasteiger partial charge in [-0.1, -0.05) is 6.92 Å². The number of cyclic esters (lactones) is 1. The summed E-state index contributed by atoms with van der Waals surface area (Å²) in [6.07, 6.45) is 5.82. The highest BCUT2D eigenvalue weighted by molar-refractivity contribution is 6.12. The second kappa shape index (κ2) is 5.55. The first-order chi connectivity index (χ1) is 14.0. The van der Waals surface area contributed by atoms with Gasteiger partial charge in [-0.05, 0) is 35.8 Å². The summed E-state index contributed by atoms with van der Waals surface area (Å²) in [4.78, 5) is 30.2. The molecule has 3 atom stereocenters. The van der Waals surface area contributed by atoms with Gasteiger partial charge in [0.2, 0.25) is 0 Å². The van der Waals surface area contributed by atoms with Crippen LogP contribution in [0.25, 0.3) is 0 Å². The minimum Gasteiger partial charge on any atom is -0.469 e. The van der Waals surface area contributed by atoms with Crippen molar-refractivity contribution in [1.29, 1.82) is 0 Å². The Morgan fingerprint density at radius 3 is 3.00 bits per heavy atom. The Hall–Kier alpha value is -2.97. The number of carbonyl (C=O) groups is 1. The molecule has 1 aromatic rings. The van der Waals surface area contributed by atoms with E-state index in [0.29, 0.717) is 23.4 Å². The molecular formula is C21H18N2O6. The van der Waals surface area contributed by atoms with Crippen LogP contribution in [-0.2, 0) is 37.8 Å². The summed E-state index contributed by atoms with van der Waals surface area (Å²) in [7, 11) is 0. The number of carbonyl (C=O) groups excluding carboxylic acids is 1.